The number of aromatic nitrogens is 2. The van der Waals surface area contributed by atoms with Gasteiger partial charge in [0, 0.05) is 0 Å². The van der Waals surface area contributed by atoms with Gasteiger partial charge in [-0.05, 0) is 26.0 Å². The molecule has 1 aliphatic heterocycles. The molecule has 3 N–H and O–H groups in total. The number of aryl methyl sites for hydroxylation is 2. The van der Waals surface area contributed by atoms with E-state index in [2.05, 4.69) is 15.6 Å². The van der Waals surface area contributed by atoms with Gasteiger partial charge in [0.1, 0.15) is 11.5 Å². The van der Waals surface area contributed by atoms with Crippen molar-refractivity contribution in [1.82, 2.24) is 20.5 Å². The third kappa shape index (κ3) is 3.05. The molecular weight excluding hydrogens is 336 g/mol. The number of aromatic amines is 1. The lowest BCUT2D eigenvalue weighted by Crippen LogP contribution is -2.50. The number of para-hydroxylation sites is 2. The fourth-order valence-corrected chi connectivity index (χ4v) is 3.55. The number of nitrogens with zero attached hydrogens (tertiary/aromatic N) is 1. The van der Waals surface area contributed by atoms with Crippen LogP contribution in [-0.2, 0) is 14.8 Å². The molecule has 10 heteroatoms. The summed E-state index contributed by atoms with van der Waals surface area (Å²) in [5.74, 6) is 0.298. The van der Waals surface area contributed by atoms with E-state index in [1.54, 1.807) is 38.1 Å². The number of ether oxygens (including phenoxy) is 2. The number of benzene rings is 1. The summed E-state index contributed by atoms with van der Waals surface area (Å²) in [5.41, 5.74) is 2.82. The van der Waals surface area contributed by atoms with E-state index < -0.39 is 22.0 Å². The predicted molar refractivity (Wildman–Crippen MR) is 82.9 cm³/mol. The fraction of sp³-hybridized carbons (Fsp3) is 0.286. The summed E-state index contributed by atoms with van der Waals surface area (Å²) in [6.07, 6.45) is -0.964. The zero-order valence-electron chi connectivity index (χ0n) is 13.0. The lowest BCUT2D eigenvalue weighted by Gasteiger charge is -2.25. The Hall–Kier alpha value is -2.59. The van der Waals surface area contributed by atoms with Crippen LogP contribution in [0.3, 0.4) is 0 Å². The quantitative estimate of drug-likeness (QED) is 0.675. The maximum Gasteiger partial charge on any atom is 0.279 e. The molecule has 128 valence electrons. The summed E-state index contributed by atoms with van der Waals surface area (Å²) in [4.78, 5) is 14.2. The van der Waals surface area contributed by atoms with Gasteiger partial charge in [-0.2, -0.15) is 5.10 Å². The van der Waals surface area contributed by atoms with E-state index >= 15 is 0 Å². The first kappa shape index (κ1) is 16.3. The lowest BCUT2D eigenvalue weighted by molar-refractivity contribution is -0.130. The van der Waals surface area contributed by atoms with Crippen LogP contribution >= 0.6 is 0 Å². The summed E-state index contributed by atoms with van der Waals surface area (Å²) in [5, 5.41) is 6.40. The highest BCUT2D eigenvalue weighted by Crippen LogP contribution is 2.30. The molecule has 0 saturated heterocycles. The van der Waals surface area contributed by atoms with E-state index in [0.717, 1.165) is 0 Å². The number of carbonyl (C=O) groups is 1. The number of hydrazine groups is 1. The van der Waals surface area contributed by atoms with Crippen LogP contribution in [0.25, 0.3) is 0 Å². The molecule has 3 rings (SSSR count). The predicted octanol–water partition coefficient (Wildman–Crippen LogP) is 0.176. The molecule has 1 amide bonds. The van der Waals surface area contributed by atoms with Crippen molar-refractivity contribution >= 4 is 15.9 Å². The zero-order chi connectivity index (χ0) is 17.3. The second kappa shape index (κ2) is 6.13. The molecule has 2 heterocycles. The van der Waals surface area contributed by atoms with E-state index in [4.69, 9.17) is 9.47 Å². The zero-order valence-corrected chi connectivity index (χ0v) is 13.8. The number of carbonyl (C=O) groups excluding carboxylic acids is 1. The molecule has 0 aliphatic carbocycles. The minimum atomic E-state index is -3.94. The van der Waals surface area contributed by atoms with Gasteiger partial charge in [0.15, 0.2) is 11.5 Å². The van der Waals surface area contributed by atoms with Crippen molar-refractivity contribution in [2.75, 3.05) is 6.61 Å². The van der Waals surface area contributed by atoms with Gasteiger partial charge in [0.05, 0.1) is 11.4 Å². The Morgan fingerprint density at radius 1 is 1.29 bits per heavy atom. The molecule has 0 saturated carbocycles. The highest BCUT2D eigenvalue weighted by Gasteiger charge is 2.29. The number of sulfonamides is 1. The number of nitrogens with one attached hydrogen (secondary N) is 3. The molecule has 9 nitrogen and oxygen atoms in total. The molecule has 0 bridgehead atoms. The Morgan fingerprint density at radius 2 is 2.00 bits per heavy atom. The van der Waals surface area contributed by atoms with Crippen LogP contribution in [0.1, 0.15) is 11.4 Å². The molecule has 0 radical (unpaired) electrons. The first-order valence-corrected chi connectivity index (χ1v) is 8.58. The standard InChI is InChI=1S/C14H16N4O5S/c1-8-13(9(2)16-15-8)24(20,21)18-17-14(19)12-7-22-10-5-3-4-6-11(10)23-12/h3-6,12,18H,7H2,1-2H3,(H,15,16)(H,17,19)/t12-/m1/s1. The van der Waals surface area contributed by atoms with Crippen LogP contribution in [0, 0.1) is 13.8 Å². The van der Waals surface area contributed by atoms with Crippen LogP contribution in [0.4, 0.5) is 0 Å². The minimum absolute atomic E-state index is 0.00559. The van der Waals surface area contributed by atoms with Gasteiger partial charge in [-0.25, -0.2) is 8.42 Å². The number of hydrogen-bond donors (Lipinski definition) is 3. The van der Waals surface area contributed by atoms with Crippen molar-refractivity contribution in [1.29, 1.82) is 0 Å². The fourth-order valence-electron chi connectivity index (χ4n) is 2.33. The first-order valence-electron chi connectivity index (χ1n) is 7.10. The van der Waals surface area contributed by atoms with E-state index in [1.165, 1.54) is 0 Å². The van der Waals surface area contributed by atoms with Crippen molar-refractivity contribution < 1.29 is 22.7 Å². The molecule has 2 aromatic rings. The second-order valence-electron chi connectivity index (χ2n) is 5.22. The molecule has 1 aromatic heterocycles. The molecule has 1 aliphatic rings. The second-order valence-corrected chi connectivity index (χ2v) is 6.84. The molecule has 1 atom stereocenters. The highest BCUT2D eigenvalue weighted by atomic mass is 32.2. The molecule has 0 fully saturated rings. The van der Waals surface area contributed by atoms with Crippen LogP contribution in [0.5, 0.6) is 11.5 Å². The van der Waals surface area contributed by atoms with Gasteiger partial charge in [-0.3, -0.25) is 15.3 Å². The summed E-state index contributed by atoms with van der Waals surface area (Å²) in [7, 11) is -3.94. The van der Waals surface area contributed by atoms with E-state index in [9.17, 15) is 13.2 Å². The van der Waals surface area contributed by atoms with Crippen molar-refractivity contribution in [3.8, 4) is 11.5 Å². The summed E-state index contributed by atoms with van der Waals surface area (Å²) in [6, 6.07) is 6.91. The Morgan fingerprint density at radius 3 is 2.67 bits per heavy atom. The van der Waals surface area contributed by atoms with Gasteiger partial charge < -0.3 is 9.47 Å². The summed E-state index contributed by atoms with van der Waals surface area (Å²) < 4.78 is 35.5. The summed E-state index contributed by atoms with van der Waals surface area (Å²) >= 11 is 0. The van der Waals surface area contributed by atoms with Crippen molar-refractivity contribution in [2.24, 2.45) is 0 Å². The lowest BCUT2D eigenvalue weighted by atomic mass is 10.2. The average molecular weight is 352 g/mol. The third-order valence-electron chi connectivity index (χ3n) is 3.44. The largest absolute Gasteiger partial charge is 0.485 e. The molecule has 24 heavy (non-hydrogen) atoms. The Bertz CT molecular complexity index is 858. The van der Waals surface area contributed by atoms with E-state index in [0.29, 0.717) is 22.9 Å². The minimum Gasteiger partial charge on any atom is -0.485 e. The number of hydrogen-bond acceptors (Lipinski definition) is 6. The highest BCUT2D eigenvalue weighted by molar-refractivity contribution is 7.89. The van der Waals surface area contributed by atoms with Crippen LogP contribution in [0.15, 0.2) is 29.2 Å². The third-order valence-corrected chi connectivity index (χ3v) is 4.95. The van der Waals surface area contributed by atoms with Crippen molar-refractivity contribution in [2.45, 2.75) is 24.8 Å². The molecular formula is C14H16N4O5S. The Balaban J connectivity index is 1.66. The average Bonchev–Trinajstić information content (AvgIpc) is 2.91. The SMILES string of the molecule is Cc1n[nH]c(C)c1S(=O)(=O)NNC(=O)[C@H]1COc2ccccc2O1. The summed E-state index contributed by atoms with van der Waals surface area (Å²) in [6.45, 7) is 3.11. The first-order chi connectivity index (χ1) is 11.4. The number of amides is 1. The van der Waals surface area contributed by atoms with Gasteiger partial charge in [0.2, 0.25) is 6.10 Å². The van der Waals surface area contributed by atoms with Gasteiger partial charge in [-0.15, -0.1) is 4.83 Å². The molecule has 0 unspecified atom stereocenters. The van der Waals surface area contributed by atoms with Crippen LogP contribution in [0.2, 0.25) is 0 Å². The number of H-pyrrole nitrogens is 1. The van der Waals surface area contributed by atoms with Gasteiger partial charge in [0.25, 0.3) is 15.9 Å². The maximum absolute atomic E-state index is 12.3. The van der Waals surface area contributed by atoms with Crippen molar-refractivity contribution in [3.63, 3.8) is 0 Å². The van der Waals surface area contributed by atoms with Crippen molar-refractivity contribution in [3.05, 3.63) is 35.7 Å². The topological polar surface area (TPSA) is 122 Å². The Kier molecular flexibility index (Phi) is 4.16. The van der Waals surface area contributed by atoms with Gasteiger partial charge in [-0.1, -0.05) is 12.1 Å². The van der Waals surface area contributed by atoms with Crippen LogP contribution < -0.4 is 19.7 Å². The molecule has 0 spiro atoms. The molecule has 1 aromatic carbocycles. The Labute approximate surface area is 138 Å². The van der Waals surface area contributed by atoms with Gasteiger partial charge >= 0.3 is 0 Å². The van der Waals surface area contributed by atoms with E-state index in [-0.39, 0.29) is 11.5 Å². The monoisotopic (exact) mass is 352 g/mol. The number of fused-ring (bicyclic) bond motifs is 1. The van der Waals surface area contributed by atoms with E-state index in [1.807, 2.05) is 4.83 Å². The maximum atomic E-state index is 12.3. The smallest absolute Gasteiger partial charge is 0.279 e. The van der Waals surface area contributed by atoms with Crippen LogP contribution in [-0.4, -0.2) is 37.2 Å². The number of rotatable bonds is 4. The normalized spacial score (nSPS) is 16.7.